The van der Waals surface area contributed by atoms with Crippen LogP contribution in [0.15, 0.2) is 44.2 Å². The van der Waals surface area contributed by atoms with E-state index in [-0.39, 0.29) is 0 Å². The molecule has 0 aliphatic rings. The van der Waals surface area contributed by atoms with E-state index >= 15 is 0 Å². The van der Waals surface area contributed by atoms with Crippen molar-refractivity contribution in [3.05, 3.63) is 39.3 Å². The molecule has 0 heterocycles. The fourth-order valence-electron chi connectivity index (χ4n) is 0.892. The molecule has 1 rings (SSSR count). The Bertz CT molecular complexity index is 403. The first-order valence-electron chi connectivity index (χ1n) is 3.66. The first-order valence-corrected chi connectivity index (χ1v) is 6.29. The molecule has 0 atom stereocenters. The van der Waals surface area contributed by atoms with Gasteiger partial charge >= 0.3 is 0 Å². The van der Waals surface area contributed by atoms with Gasteiger partial charge in [0.2, 0.25) is 9.84 Å². The van der Waals surface area contributed by atoms with Crippen LogP contribution in [0.25, 0.3) is 0 Å². The van der Waals surface area contributed by atoms with Crippen LogP contribution >= 0.6 is 22.6 Å². The maximum Gasteiger partial charge on any atom is 0.200 e. The first kappa shape index (κ1) is 10.7. The van der Waals surface area contributed by atoms with Gasteiger partial charge in [-0.05, 0) is 45.2 Å². The first-order chi connectivity index (χ1) is 6.02. The normalized spacial score (nSPS) is 12.9. The van der Waals surface area contributed by atoms with Gasteiger partial charge < -0.3 is 0 Å². The second-order valence-electron chi connectivity index (χ2n) is 2.56. The lowest BCUT2D eigenvalue weighted by Crippen LogP contribution is -1.95. The summed E-state index contributed by atoms with van der Waals surface area (Å²) < 4.78 is 23.9. The summed E-state index contributed by atoms with van der Waals surface area (Å²) in [6.45, 7) is 1.75. The third kappa shape index (κ3) is 3.11. The predicted octanol–water partition coefficient (Wildman–Crippen LogP) is 2.76. The Morgan fingerprint density at radius 3 is 2.31 bits per heavy atom. The molecule has 0 aliphatic carbocycles. The van der Waals surface area contributed by atoms with Crippen molar-refractivity contribution in [2.75, 3.05) is 0 Å². The fourth-order valence-corrected chi connectivity index (χ4v) is 3.00. The standard InChI is InChI=1S/C9H9IO2S/c1-8(10)7-13(11,12)9-5-3-2-4-6-9/h2-7H,1H3/b8-7-. The van der Waals surface area contributed by atoms with Gasteiger partial charge in [0.05, 0.1) is 4.90 Å². The van der Waals surface area contributed by atoms with Crippen molar-refractivity contribution >= 4 is 32.4 Å². The van der Waals surface area contributed by atoms with Crippen molar-refractivity contribution in [1.82, 2.24) is 0 Å². The van der Waals surface area contributed by atoms with Crippen LogP contribution in [0.2, 0.25) is 0 Å². The zero-order valence-electron chi connectivity index (χ0n) is 7.07. The van der Waals surface area contributed by atoms with Crippen molar-refractivity contribution in [2.24, 2.45) is 0 Å². The Kier molecular flexibility index (Phi) is 3.49. The largest absolute Gasteiger partial charge is 0.219 e. The van der Waals surface area contributed by atoms with Gasteiger partial charge in [0, 0.05) is 5.41 Å². The monoisotopic (exact) mass is 308 g/mol. The summed E-state index contributed by atoms with van der Waals surface area (Å²) in [6, 6.07) is 8.39. The topological polar surface area (TPSA) is 34.1 Å². The molecular weight excluding hydrogens is 299 g/mol. The van der Waals surface area contributed by atoms with Crippen LogP contribution in [0.5, 0.6) is 0 Å². The van der Waals surface area contributed by atoms with Crippen LogP contribution in [0.4, 0.5) is 0 Å². The summed E-state index contributed by atoms with van der Waals surface area (Å²) in [7, 11) is -3.23. The summed E-state index contributed by atoms with van der Waals surface area (Å²) in [6.07, 6.45) is 0. The minimum absolute atomic E-state index is 0.339. The lowest BCUT2D eigenvalue weighted by Gasteiger charge is -1.97. The average Bonchev–Trinajstić information content (AvgIpc) is 2.04. The number of allylic oxidation sites excluding steroid dienone is 1. The summed E-state index contributed by atoms with van der Waals surface area (Å²) in [5.74, 6) is 0. The van der Waals surface area contributed by atoms with Gasteiger partial charge in [-0.2, -0.15) is 0 Å². The molecule has 0 bridgehead atoms. The van der Waals surface area contributed by atoms with E-state index in [2.05, 4.69) is 0 Å². The van der Waals surface area contributed by atoms with Gasteiger partial charge in [0.25, 0.3) is 0 Å². The Balaban J connectivity index is 3.18. The number of benzene rings is 1. The van der Waals surface area contributed by atoms with Gasteiger partial charge in [-0.25, -0.2) is 8.42 Å². The summed E-state index contributed by atoms with van der Waals surface area (Å²) in [4.78, 5) is 0.339. The zero-order valence-corrected chi connectivity index (χ0v) is 10.0. The Labute approximate surface area is 91.7 Å². The van der Waals surface area contributed by atoms with E-state index in [0.717, 1.165) is 3.58 Å². The number of halogens is 1. The van der Waals surface area contributed by atoms with E-state index in [9.17, 15) is 8.42 Å². The van der Waals surface area contributed by atoms with Crippen molar-refractivity contribution in [3.63, 3.8) is 0 Å². The molecule has 0 aliphatic heterocycles. The molecule has 4 heteroatoms. The maximum atomic E-state index is 11.6. The smallest absolute Gasteiger partial charge is 0.200 e. The molecule has 0 unspecified atom stereocenters. The number of rotatable bonds is 2. The van der Waals surface area contributed by atoms with Gasteiger partial charge in [0.1, 0.15) is 0 Å². The molecule has 0 spiro atoms. The lowest BCUT2D eigenvalue weighted by molar-refractivity contribution is 0.604. The maximum absolute atomic E-state index is 11.6. The Morgan fingerprint density at radius 2 is 1.85 bits per heavy atom. The van der Waals surface area contributed by atoms with Crippen LogP contribution in [-0.2, 0) is 9.84 Å². The summed E-state index contributed by atoms with van der Waals surface area (Å²) >= 11 is 1.98. The van der Waals surface area contributed by atoms with Crippen molar-refractivity contribution in [2.45, 2.75) is 11.8 Å². The van der Waals surface area contributed by atoms with Crippen molar-refractivity contribution in [1.29, 1.82) is 0 Å². The van der Waals surface area contributed by atoms with Gasteiger partial charge in [-0.15, -0.1) is 0 Å². The highest BCUT2D eigenvalue weighted by atomic mass is 127. The number of hydrogen-bond donors (Lipinski definition) is 0. The van der Waals surface area contributed by atoms with Gasteiger partial charge in [-0.1, -0.05) is 18.2 Å². The summed E-state index contributed by atoms with van der Waals surface area (Å²) in [5.41, 5.74) is 0. The van der Waals surface area contributed by atoms with E-state index in [1.165, 1.54) is 5.41 Å². The molecule has 13 heavy (non-hydrogen) atoms. The van der Waals surface area contributed by atoms with Gasteiger partial charge in [-0.3, -0.25) is 0 Å². The second-order valence-corrected chi connectivity index (χ2v) is 6.06. The van der Waals surface area contributed by atoms with E-state index in [0.29, 0.717) is 4.90 Å². The molecule has 1 aromatic rings. The van der Waals surface area contributed by atoms with Crippen molar-refractivity contribution in [3.8, 4) is 0 Å². The molecule has 0 N–H and O–H groups in total. The SMILES string of the molecule is C/C(I)=C/S(=O)(=O)c1ccccc1. The highest BCUT2D eigenvalue weighted by molar-refractivity contribution is 14.1. The number of hydrogen-bond acceptors (Lipinski definition) is 2. The third-order valence-corrected chi connectivity index (χ3v) is 3.72. The Morgan fingerprint density at radius 1 is 1.31 bits per heavy atom. The lowest BCUT2D eigenvalue weighted by atomic mass is 10.4. The second kappa shape index (κ2) is 4.23. The molecule has 0 saturated carbocycles. The van der Waals surface area contributed by atoms with Crippen LogP contribution in [0, 0.1) is 0 Å². The molecule has 70 valence electrons. The van der Waals surface area contributed by atoms with Crippen molar-refractivity contribution < 1.29 is 8.42 Å². The van der Waals surface area contributed by atoms with E-state index in [1.807, 2.05) is 22.6 Å². The zero-order chi connectivity index (χ0) is 9.90. The van der Waals surface area contributed by atoms with Crippen LogP contribution < -0.4 is 0 Å². The minimum Gasteiger partial charge on any atom is -0.219 e. The van der Waals surface area contributed by atoms with E-state index in [1.54, 1.807) is 37.3 Å². The minimum atomic E-state index is -3.23. The molecule has 0 amide bonds. The molecule has 0 fully saturated rings. The summed E-state index contributed by atoms with van der Waals surface area (Å²) in [5, 5.41) is 1.27. The van der Waals surface area contributed by atoms with Crippen LogP contribution in [0.1, 0.15) is 6.92 Å². The fraction of sp³-hybridized carbons (Fsp3) is 0.111. The molecule has 2 nitrogen and oxygen atoms in total. The van der Waals surface area contributed by atoms with E-state index in [4.69, 9.17) is 0 Å². The highest BCUT2D eigenvalue weighted by Crippen LogP contribution is 2.15. The predicted molar refractivity (Wildman–Crippen MR) is 61.4 cm³/mol. The highest BCUT2D eigenvalue weighted by Gasteiger charge is 2.09. The third-order valence-electron chi connectivity index (χ3n) is 1.39. The average molecular weight is 308 g/mol. The molecule has 0 saturated heterocycles. The van der Waals surface area contributed by atoms with Crippen LogP contribution in [-0.4, -0.2) is 8.42 Å². The quantitative estimate of drug-likeness (QED) is 0.787. The number of sulfone groups is 1. The van der Waals surface area contributed by atoms with Crippen LogP contribution in [0.3, 0.4) is 0 Å². The van der Waals surface area contributed by atoms with Gasteiger partial charge in [0.15, 0.2) is 0 Å². The molecule has 1 aromatic carbocycles. The van der Waals surface area contributed by atoms with E-state index < -0.39 is 9.84 Å². The Hall–Kier alpha value is -0.360. The molecule has 0 aromatic heterocycles. The molecular formula is C9H9IO2S. The molecule has 0 radical (unpaired) electrons.